The number of rotatable bonds is 3. The smallest absolute Gasteiger partial charge is 0.344 e. The van der Waals surface area contributed by atoms with E-state index in [1.807, 2.05) is 6.07 Å². The Hall–Kier alpha value is -1.58. The third-order valence-electron chi connectivity index (χ3n) is 2.77. The van der Waals surface area contributed by atoms with Crippen molar-refractivity contribution in [3.05, 3.63) is 17.8 Å². The van der Waals surface area contributed by atoms with Crippen LogP contribution in [0.4, 0.5) is 5.82 Å². The van der Waals surface area contributed by atoms with E-state index in [0.717, 1.165) is 37.3 Å². The Morgan fingerprint density at radius 2 is 2.22 bits per heavy atom. The van der Waals surface area contributed by atoms with Gasteiger partial charge < -0.3 is 9.45 Å². The zero-order valence-corrected chi connectivity index (χ0v) is 11.0. The number of nitriles is 1. The van der Waals surface area contributed by atoms with Crippen molar-refractivity contribution >= 4 is 23.1 Å². The summed E-state index contributed by atoms with van der Waals surface area (Å²) in [7, 11) is 0. The fraction of sp³-hybridized carbons (Fsp3) is 0.417. The Bertz CT molecular complexity index is 489. The molecule has 1 aromatic heterocycles. The van der Waals surface area contributed by atoms with Gasteiger partial charge in [0.05, 0.1) is 6.07 Å². The quantitative estimate of drug-likeness (QED) is 0.467. The summed E-state index contributed by atoms with van der Waals surface area (Å²) < 4.78 is 11.4. The van der Waals surface area contributed by atoms with Crippen molar-refractivity contribution in [3.63, 3.8) is 0 Å². The van der Waals surface area contributed by atoms with E-state index in [4.69, 9.17) is 5.26 Å². The highest BCUT2D eigenvalue weighted by Gasteiger charge is 2.20. The molecule has 0 saturated carbocycles. The average Bonchev–Trinajstić information content (AvgIpc) is 2.89. The third-order valence-corrected chi connectivity index (χ3v) is 3.48. The molecule has 1 aliphatic rings. The van der Waals surface area contributed by atoms with Crippen molar-refractivity contribution in [2.75, 3.05) is 24.2 Å². The number of anilines is 1. The molecule has 0 spiro atoms. The summed E-state index contributed by atoms with van der Waals surface area (Å²) >= 11 is -1.19. The van der Waals surface area contributed by atoms with Crippen LogP contribution in [0, 0.1) is 11.3 Å². The van der Waals surface area contributed by atoms with Crippen molar-refractivity contribution in [1.82, 2.24) is 9.97 Å². The van der Waals surface area contributed by atoms with Gasteiger partial charge in [0, 0.05) is 42.1 Å². The van der Waals surface area contributed by atoms with Crippen LogP contribution in [0.2, 0.25) is 0 Å². The molecule has 1 aromatic rings. The van der Waals surface area contributed by atoms with Crippen LogP contribution in [-0.4, -0.2) is 33.9 Å². The van der Waals surface area contributed by atoms with Crippen LogP contribution in [0.1, 0.15) is 18.4 Å². The molecule has 2 heterocycles. The summed E-state index contributed by atoms with van der Waals surface area (Å²) in [5.74, 6) is 0.777. The van der Waals surface area contributed by atoms with Gasteiger partial charge in [-0.15, -0.1) is 0 Å². The lowest BCUT2D eigenvalue weighted by atomic mass is 10.2. The van der Waals surface area contributed by atoms with Crippen LogP contribution in [-0.2, 0) is 11.2 Å². The summed E-state index contributed by atoms with van der Waals surface area (Å²) in [6.07, 6.45) is 8.56. The molecule has 0 bridgehead atoms. The highest BCUT2D eigenvalue weighted by Crippen LogP contribution is 2.24. The van der Waals surface area contributed by atoms with Crippen molar-refractivity contribution < 1.29 is 4.55 Å². The van der Waals surface area contributed by atoms with E-state index in [2.05, 4.69) is 14.9 Å². The van der Waals surface area contributed by atoms with E-state index in [0.29, 0.717) is 5.16 Å². The van der Waals surface area contributed by atoms with Gasteiger partial charge >= 0.3 is 5.16 Å². The Morgan fingerprint density at radius 1 is 1.50 bits per heavy atom. The van der Waals surface area contributed by atoms with E-state index < -0.39 is 11.2 Å². The molecule has 1 saturated heterocycles. The second-order valence-corrected chi connectivity index (χ2v) is 5.32. The van der Waals surface area contributed by atoms with Gasteiger partial charge in [0.25, 0.3) is 0 Å². The molecule has 94 valence electrons. The lowest BCUT2D eigenvalue weighted by Crippen LogP contribution is -2.21. The van der Waals surface area contributed by atoms with Gasteiger partial charge in [-0.3, -0.25) is 0 Å². The summed E-state index contributed by atoms with van der Waals surface area (Å²) in [6, 6.07) is 1.96. The fourth-order valence-corrected chi connectivity index (χ4v) is 2.35. The topological polar surface area (TPSA) is 75.9 Å². The number of aromatic nitrogens is 2. The molecule has 5 nitrogen and oxygen atoms in total. The summed E-state index contributed by atoms with van der Waals surface area (Å²) in [5, 5.41) is 8.93. The van der Waals surface area contributed by atoms with Crippen molar-refractivity contribution in [3.8, 4) is 6.07 Å². The Morgan fingerprint density at radius 3 is 2.83 bits per heavy atom. The number of allylic oxidation sites excluding steroid dienone is 1. The molecule has 2 rings (SSSR count). The normalized spacial score (nSPS) is 17.1. The first-order valence-electron chi connectivity index (χ1n) is 5.74. The number of hydrogen-bond donors (Lipinski definition) is 0. The lowest BCUT2D eigenvalue weighted by Gasteiger charge is -2.18. The molecule has 1 fully saturated rings. The van der Waals surface area contributed by atoms with Crippen molar-refractivity contribution in [2.24, 2.45) is 0 Å². The number of nitrogens with zero attached hydrogens (tertiary/aromatic N) is 4. The predicted molar refractivity (Wildman–Crippen MR) is 70.5 cm³/mol. The first-order chi connectivity index (χ1) is 8.72. The molecule has 0 radical (unpaired) electrons. The molecule has 0 aromatic carbocycles. The highest BCUT2D eigenvalue weighted by atomic mass is 32.2. The molecule has 0 aliphatic carbocycles. The van der Waals surface area contributed by atoms with Gasteiger partial charge in [-0.05, 0) is 18.9 Å². The minimum Gasteiger partial charge on any atom is -0.609 e. The fourth-order valence-electron chi connectivity index (χ4n) is 1.93. The second kappa shape index (κ2) is 5.85. The Kier molecular flexibility index (Phi) is 4.18. The van der Waals surface area contributed by atoms with Gasteiger partial charge in [0.1, 0.15) is 12.1 Å². The predicted octanol–water partition coefficient (Wildman–Crippen LogP) is 1.35. The second-order valence-electron chi connectivity index (χ2n) is 4.04. The lowest BCUT2D eigenvalue weighted by molar-refractivity contribution is 0.591. The SMILES string of the molecule is C[S+]([O-])c1ncc(/C=C/C#N)c(N2CCCC2)n1. The first-order valence-corrected chi connectivity index (χ1v) is 7.30. The minimum absolute atomic E-state index is 0.339. The average molecular weight is 262 g/mol. The summed E-state index contributed by atoms with van der Waals surface area (Å²) in [4.78, 5) is 10.6. The van der Waals surface area contributed by atoms with E-state index in [1.54, 1.807) is 18.5 Å². The van der Waals surface area contributed by atoms with Gasteiger partial charge in [0.15, 0.2) is 0 Å². The van der Waals surface area contributed by atoms with E-state index in [9.17, 15) is 4.55 Å². The molecular weight excluding hydrogens is 248 g/mol. The molecule has 1 aliphatic heterocycles. The van der Waals surface area contributed by atoms with Gasteiger partial charge in [-0.1, -0.05) is 0 Å². The maximum Gasteiger partial charge on any atom is 0.344 e. The number of hydrogen-bond acceptors (Lipinski definition) is 5. The van der Waals surface area contributed by atoms with Crippen LogP contribution < -0.4 is 4.90 Å². The van der Waals surface area contributed by atoms with Gasteiger partial charge in [-0.2, -0.15) is 15.2 Å². The van der Waals surface area contributed by atoms with Crippen LogP contribution in [0.25, 0.3) is 6.08 Å². The van der Waals surface area contributed by atoms with Crippen molar-refractivity contribution in [1.29, 1.82) is 5.26 Å². The highest BCUT2D eigenvalue weighted by molar-refractivity contribution is 7.90. The maximum absolute atomic E-state index is 11.4. The van der Waals surface area contributed by atoms with Crippen LogP contribution in [0.15, 0.2) is 17.4 Å². The molecule has 1 unspecified atom stereocenters. The van der Waals surface area contributed by atoms with E-state index in [1.165, 1.54) is 6.08 Å². The Labute approximate surface area is 109 Å². The largest absolute Gasteiger partial charge is 0.609 e. The first kappa shape index (κ1) is 12.9. The standard InChI is InChI=1S/C12H14N4OS/c1-18(17)12-14-9-10(5-4-6-13)11(15-12)16-7-2-3-8-16/h4-5,9H,2-3,7-8H2,1H3/b5-4+. The van der Waals surface area contributed by atoms with E-state index >= 15 is 0 Å². The third kappa shape index (κ3) is 2.81. The van der Waals surface area contributed by atoms with E-state index in [-0.39, 0.29) is 0 Å². The molecule has 1 atom stereocenters. The molecule has 6 heteroatoms. The van der Waals surface area contributed by atoms with Crippen LogP contribution in [0.3, 0.4) is 0 Å². The molecule has 18 heavy (non-hydrogen) atoms. The molecule has 0 N–H and O–H groups in total. The maximum atomic E-state index is 11.4. The molecular formula is C12H14N4OS. The van der Waals surface area contributed by atoms with Gasteiger partial charge in [-0.25, -0.2) is 0 Å². The monoisotopic (exact) mass is 262 g/mol. The van der Waals surface area contributed by atoms with Crippen molar-refractivity contribution in [2.45, 2.75) is 18.0 Å². The van der Waals surface area contributed by atoms with Gasteiger partial charge in [0.2, 0.25) is 0 Å². The van der Waals surface area contributed by atoms with Crippen LogP contribution in [0.5, 0.6) is 0 Å². The summed E-state index contributed by atoms with van der Waals surface area (Å²) in [6.45, 7) is 1.89. The zero-order valence-electron chi connectivity index (χ0n) is 10.2. The molecule has 0 amide bonds. The Balaban J connectivity index is 2.39. The summed E-state index contributed by atoms with van der Waals surface area (Å²) in [5.41, 5.74) is 0.799. The van der Waals surface area contributed by atoms with Crippen LogP contribution >= 0.6 is 0 Å². The minimum atomic E-state index is -1.19. The zero-order chi connectivity index (χ0) is 13.0.